The highest BCUT2D eigenvalue weighted by Crippen LogP contribution is 2.49. The molecular formula is C22H29NO5. The molecular weight excluding hydrogens is 358 g/mol. The second kappa shape index (κ2) is 6.83. The van der Waals surface area contributed by atoms with Crippen LogP contribution in [0.1, 0.15) is 46.0 Å². The molecule has 6 unspecified atom stereocenters. The molecule has 0 spiro atoms. The van der Waals surface area contributed by atoms with Crippen LogP contribution >= 0.6 is 0 Å². The molecule has 1 N–H and O–H groups in total. The summed E-state index contributed by atoms with van der Waals surface area (Å²) in [6.45, 7) is 3.90. The van der Waals surface area contributed by atoms with Crippen molar-refractivity contribution >= 4 is 17.7 Å². The van der Waals surface area contributed by atoms with Crippen molar-refractivity contribution in [3.63, 3.8) is 0 Å². The summed E-state index contributed by atoms with van der Waals surface area (Å²) in [5.41, 5.74) is -1.34. The predicted molar refractivity (Wildman–Crippen MR) is 102 cm³/mol. The third-order valence-corrected chi connectivity index (χ3v) is 7.52. The maximum absolute atomic E-state index is 13.6. The quantitative estimate of drug-likeness (QED) is 0.456. The third kappa shape index (κ3) is 2.53. The number of esters is 1. The van der Waals surface area contributed by atoms with Crippen LogP contribution in [0.15, 0.2) is 23.3 Å². The summed E-state index contributed by atoms with van der Waals surface area (Å²) < 4.78 is 4.84. The number of hydrogen-bond acceptors (Lipinski definition) is 5. The molecule has 4 rings (SSSR count). The third-order valence-electron chi connectivity index (χ3n) is 7.52. The van der Waals surface area contributed by atoms with Gasteiger partial charge in [0.15, 0.2) is 11.5 Å². The number of hydrogen-bond donors (Lipinski definition) is 1. The largest absolute Gasteiger partial charge is 0.469 e. The van der Waals surface area contributed by atoms with E-state index in [0.29, 0.717) is 17.9 Å². The Bertz CT molecular complexity index is 784. The predicted octanol–water partition coefficient (Wildman–Crippen LogP) is 2.22. The van der Waals surface area contributed by atoms with Gasteiger partial charge >= 0.3 is 5.97 Å². The fourth-order valence-electron chi connectivity index (χ4n) is 6.03. The van der Waals surface area contributed by atoms with E-state index in [4.69, 9.17) is 4.74 Å². The summed E-state index contributed by atoms with van der Waals surface area (Å²) in [6, 6.07) is 0. The molecule has 2 heterocycles. The summed E-state index contributed by atoms with van der Waals surface area (Å²) in [5.74, 6) is -1.55. The molecule has 6 heteroatoms. The van der Waals surface area contributed by atoms with Gasteiger partial charge in [-0.25, -0.2) is 0 Å². The number of nitrogens with zero attached hydrogens (tertiary/aromatic N) is 1. The summed E-state index contributed by atoms with van der Waals surface area (Å²) in [4.78, 5) is 40.3. The zero-order valence-electron chi connectivity index (χ0n) is 16.8. The van der Waals surface area contributed by atoms with Crippen LogP contribution in [0.5, 0.6) is 0 Å². The van der Waals surface area contributed by atoms with E-state index in [2.05, 4.69) is 12.2 Å². The minimum Gasteiger partial charge on any atom is -0.469 e. The van der Waals surface area contributed by atoms with Gasteiger partial charge in [0.25, 0.3) is 5.91 Å². The first kappa shape index (κ1) is 19.4. The van der Waals surface area contributed by atoms with Crippen LogP contribution in [0.3, 0.4) is 0 Å². The number of fused-ring (bicyclic) bond motifs is 2. The average molecular weight is 387 g/mol. The number of amides is 1. The molecule has 0 bridgehead atoms. The standard InChI is InChI=1S/C22H29NO5/c1-12-8-9-14-6-4-5-7-15(14)17(12)19(24)18-13(2)22(27)16(21(26)28-3)10-11-23(22)20(18)25/h8-9,12,14-17,27H,4-7,10-11H2,1-3H3. The number of allylic oxidation sites excluding steroid dienone is 2. The highest BCUT2D eigenvalue weighted by atomic mass is 16.5. The monoisotopic (exact) mass is 387 g/mol. The molecule has 0 aromatic heterocycles. The molecule has 2 aliphatic carbocycles. The van der Waals surface area contributed by atoms with Crippen molar-refractivity contribution in [2.24, 2.45) is 29.6 Å². The van der Waals surface area contributed by atoms with E-state index in [1.165, 1.54) is 18.4 Å². The van der Waals surface area contributed by atoms with E-state index < -0.39 is 23.5 Å². The van der Waals surface area contributed by atoms with Crippen LogP contribution in [-0.4, -0.2) is 47.0 Å². The first-order valence-electron chi connectivity index (χ1n) is 10.4. The summed E-state index contributed by atoms with van der Waals surface area (Å²) in [6.07, 6.45) is 9.06. The van der Waals surface area contributed by atoms with Crippen molar-refractivity contribution in [3.8, 4) is 0 Å². The average Bonchev–Trinajstić information content (AvgIpc) is 3.13. The molecule has 0 radical (unpaired) electrons. The molecule has 2 fully saturated rings. The minimum absolute atomic E-state index is 0.0569. The van der Waals surface area contributed by atoms with Gasteiger partial charge in [-0.15, -0.1) is 0 Å². The number of ketones is 1. The Morgan fingerprint density at radius 2 is 1.93 bits per heavy atom. The van der Waals surface area contributed by atoms with Gasteiger partial charge in [-0.05, 0) is 49.5 Å². The van der Waals surface area contributed by atoms with Gasteiger partial charge in [0, 0.05) is 12.5 Å². The lowest BCUT2D eigenvalue weighted by atomic mass is 9.63. The lowest BCUT2D eigenvalue weighted by Gasteiger charge is -2.40. The van der Waals surface area contributed by atoms with Crippen molar-refractivity contribution in [2.45, 2.75) is 51.7 Å². The Kier molecular flexibility index (Phi) is 4.73. The smallest absolute Gasteiger partial charge is 0.314 e. The van der Waals surface area contributed by atoms with Crippen molar-refractivity contribution < 1.29 is 24.2 Å². The summed E-state index contributed by atoms with van der Waals surface area (Å²) in [5, 5.41) is 11.3. The number of ether oxygens (including phenoxy) is 1. The van der Waals surface area contributed by atoms with Crippen LogP contribution in [0, 0.1) is 29.6 Å². The summed E-state index contributed by atoms with van der Waals surface area (Å²) in [7, 11) is 1.27. The molecule has 0 aromatic rings. The van der Waals surface area contributed by atoms with Gasteiger partial charge in [-0.2, -0.15) is 0 Å². The van der Waals surface area contributed by atoms with Gasteiger partial charge in [-0.3, -0.25) is 14.4 Å². The van der Waals surface area contributed by atoms with Crippen LogP contribution in [0.2, 0.25) is 0 Å². The maximum Gasteiger partial charge on any atom is 0.314 e. The molecule has 6 atom stereocenters. The van der Waals surface area contributed by atoms with Crippen LogP contribution in [-0.2, 0) is 19.1 Å². The Balaban J connectivity index is 1.72. The minimum atomic E-state index is -1.74. The molecule has 6 nitrogen and oxygen atoms in total. The Labute approximate surface area is 165 Å². The van der Waals surface area contributed by atoms with Crippen molar-refractivity contribution in [1.82, 2.24) is 4.90 Å². The zero-order chi connectivity index (χ0) is 20.2. The van der Waals surface area contributed by atoms with Gasteiger partial charge in [0.1, 0.15) is 5.92 Å². The fraction of sp³-hybridized carbons (Fsp3) is 0.682. The van der Waals surface area contributed by atoms with Crippen LogP contribution in [0.25, 0.3) is 0 Å². The fourth-order valence-corrected chi connectivity index (χ4v) is 6.03. The number of aliphatic hydroxyl groups is 1. The van der Waals surface area contributed by atoms with E-state index in [1.807, 2.05) is 6.92 Å². The van der Waals surface area contributed by atoms with Gasteiger partial charge in [0.05, 0.1) is 12.7 Å². The lowest BCUT2D eigenvalue weighted by molar-refractivity contribution is -0.160. The second-order valence-corrected chi connectivity index (χ2v) is 8.79. The Morgan fingerprint density at radius 1 is 1.21 bits per heavy atom. The second-order valence-electron chi connectivity index (χ2n) is 8.79. The van der Waals surface area contributed by atoms with E-state index in [0.717, 1.165) is 19.3 Å². The first-order valence-corrected chi connectivity index (χ1v) is 10.4. The first-order chi connectivity index (χ1) is 13.3. The molecule has 28 heavy (non-hydrogen) atoms. The topological polar surface area (TPSA) is 83.9 Å². The van der Waals surface area contributed by atoms with Crippen LogP contribution in [0.4, 0.5) is 0 Å². The molecule has 0 aromatic carbocycles. The summed E-state index contributed by atoms with van der Waals surface area (Å²) >= 11 is 0. The lowest BCUT2D eigenvalue weighted by Crippen LogP contribution is -2.49. The van der Waals surface area contributed by atoms with Crippen molar-refractivity contribution in [2.75, 3.05) is 13.7 Å². The van der Waals surface area contributed by atoms with E-state index >= 15 is 0 Å². The molecule has 1 saturated heterocycles. The number of carbonyl (C=O) groups is 3. The van der Waals surface area contributed by atoms with Gasteiger partial charge < -0.3 is 14.7 Å². The van der Waals surface area contributed by atoms with Crippen molar-refractivity contribution in [3.05, 3.63) is 23.3 Å². The molecule has 2 aliphatic heterocycles. The van der Waals surface area contributed by atoms with E-state index in [-0.39, 0.29) is 35.7 Å². The normalized spacial score (nSPS) is 39.8. The maximum atomic E-state index is 13.6. The number of methoxy groups -OCH3 is 1. The Morgan fingerprint density at radius 3 is 2.64 bits per heavy atom. The zero-order valence-corrected chi connectivity index (χ0v) is 16.8. The number of Topliss-reactive ketones (excluding diaryl/α,β-unsaturated/α-hetero) is 1. The SMILES string of the molecule is COC(=O)C1CCN2C(=O)C(C(=O)C3C(C)C=CC4CCCCC43)=C(C)C12O. The van der Waals surface area contributed by atoms with E-state index in [9.17, 15) is 19.5 Å². The Hall–Kier alpha value is -1.95. The van der Waals surface area contributed by atoms with E-state index in [1.54, 1.807) is 6.92 Å². The molecule has 152 valence electrons. The molecule has 1 amide bonds. The van der Waals surface area contributed by atoms with Crippen LogP contribution < -0.4 is 0 Å². The number of carbonyl (C=O) groups excluding carboxylic acids is 3. The van der Waals surface area contributed by atoms with Crippen molar-refractivity contribution in [1.29, 1.82) is 0 Å². The molecule has 1 saturated carbocycles. The van der Waals surface area contributed by atoms with Gasteiger partial charge in [-0.1, -0.05) is 31.9 Å². The highest BCUT2D eigenvalue weighted by molar-refractivity contribution is 6.23. The van der Waals surface area contributed by atoms with Gasteiger partial charge in [0.2, 0.25) is 0 Å². The number of rotatable bonds is 3. The molecule has 4 aliphatic rings. The highest BCUT2D eigenvalue weighted by Gasteiger charge is 2.61.